The molecular weight excluding hydrogens is 464 g/mol. The van der Waals surface area contributed by atoms with Crippen LogP contribution in [0, 0.1) is 19.8 Å². The number of piperidine rings is 1. The maximum Gasteiger partial charge on any atom is 0.274 e. The van der Waals surface area contributed by atoms with Gasteiger partial charge in [-0.1, -0.05) is 35.9 Å². The first-order valence-electron chi connectivity index (χ1n) is 11.5. The lowest BCUT2D eigenvalue weighted by atomic mass is 10.1. The molecule has 0 radical (unpaired) electrons. The Morgan fingerprint density at radius 1 is 1.15 bits per heavy atom. The zero-order valence-electron chi connectivity index (χ0n) is 18.9. The highest BCUT2D eigenvalue weighted by molar-refractivity contribution is 7.17. The van der Waals surface area contributed by atoms with Gasteiger partial charge in [-0.15, -0.1) is 22.7 Å². The van der Waals surface area contributed by atoms with Crippen molar-refractivity contribution in [1.29, 1.82) is 0 Å². The van der Waals surface area contributed by atoms with Gasteiger partial charge in [-0.25, -0.2) is 9.97 Å². The normalized spacial score (nSPS) is 21.0. The fourth-order valence-electron chi connectivity index (χ4n) is 5.10. The second-order valence-electron chi connectivity index (χ2n) is 9.16. The van der Waals surface area contributed by atoms with Gasteiger partial charge in [0.1, 0.15) is 5.69 Å². The zero-order chi connectivity index (χ0) is 23.4. The molecular formula is C26H24N4O2S2. The van der Waals surface area contributed by atoms with E-state index >= 15 is 0 Å². The Morgan fingerprint density at radius 3 is 2.85 bits per heavy atom. The number of amides is 2. The van der Waals surface area contributed by atoms with E-state index in [9.17, 15) is 9.59 Å². The summed E-state index contributed by atoms with van der Waals surface area (Å²) < 4.78 is 0.892. The number of thiazole rings is 2. The minimum Gasteiger partial charge on any atom is -0.350 e. The molecule has 1 aliphatic carbocycles. The van der Waals surface area contributed by atoms with Gasteiger partial charge in [-0.2, -0.15) is 0 Å². The van der Waals surface area contributed by atoms with E-state index in [2.05, 4.69) is 34.3 Å². The topological polar surface area (TPSA) is 75.2 Å². The predicted octanol–water partition coefficient (Wildman–Crippen LogP) is 5.07. The summed E-state index contributed by atoms with van der Waals surface area (Å²) in [6.07, 6.45) is 1.96. The zero-order valence-corrected chi connectivity index (χ0v) is 20.6. The minimum absolute atomic E-state index is 0.0188. The summed E-state index contributed by atoms with van der Waals surface area (Å²) in [5.74, 6) is 0.389. The molecule has 1 saturated carbocycles. The highest BCUT2D eigenvalue weighted by Crippen LogP contribution is 2.48. The lowest BCUT2D eigenvalue weighted by Gasteiger charge is -2.27. The van der Waals surface area contributed by atoms with Crippen molar-refractivity contribution in [2.24, 2.45) is 5.92 Å². The number of nitrogens with one attached hydrogen (secondary N) is 1. The van der Waals surface area contributed by atoms with Gasteiger partial charge in [0.25, 0.3) is 11.8 Å². The molecule has 0 spiro atoms. The van der Waals surface area contributed by atoms with Gasteiger partial charge >= 0.3 is 0 Å². The maximum absolute atomic E-state index is 13.8. The molecule has 0 unspecified atom stereocenters. The van der Waals surface area contributed by atoms with Crippen LogP contribution in [-0.2, 0) is 0 Å². The lowest BCUT2D eigenvalue weighted by Crippen LogP contribution is -2.45. The van der Waals surface area contributed by atoms with E-state index in [1.807, 2.05) is 42.2 Å². The molecule has 4 aromatic rings. The molecule has 172 valence electrons. The number of carbonyl (C=O) groups excluding carboxylic acids is 2. The van der Waals surface area contributed by atoms with Crippen LogP contribution in [0.4, 0.5) is 0 Å². The maximum atomic E-state index is 13.8. The molecule has 2 aliphatic rings. The Hall–Kier alpha value is -3.10. The Labute approximate surface area is 205 Å². The molecule has 6 rings (SSSR count). The first kappa shape index (κ1) is 21.4. The van der Waals surface area contributed by atoms with Gasteiger partial charge in [0.2, 0.25) is 0 Å². The lowest BCUT2D eigenvalue weighted by molar-refractivity contribution is 0.0684. The highest BCUT2D eigenvalue weighted by Gasteiger charge is 2.54. The summed E-state index contributed by atoms with van der Waals surface area (Å²) >= 11 is 3.03. The van der Waals surface area contributed by atoms with E-state index in [0.717, 1.165) is 44.1 Å². The third-order valence-corrected chi connectivity index (χ3v) is 8.66. The van der Waals surface area contributed by atoms with Crippen LogP contribution < -0.4 is 5.32 Å². The molecule has 0 bridgehead atoms. The average molecular weight is 489 g/mol. The number of benzene rings is 2. The number of aromatic nitrogens is 2. The van der Waals surface area contributed by atoms with Crippen LogP contribution in [0.25, 0.3) is 20.7 Å². The number of hydrogen-bond donors (Lipinski definition) is 1. The van der Waals surface area contributed by atoms with E-state index in [-0.39, 0.29) is 23.9 Å². The van der Waals surface area contributed by atoms with Crippen molar-refractivity contribution in [1.82, 2.24) is 20.2 Å². The Balaban J connectivity index is 1.23. The number of hydrogen-bond acceptors (Lipinski definition) is 6. The van der Waals surface area contributed by atoms with Gasteiger partial charge < -0.3 is 10.2 Å². The van der Waals surface area contributed by atoms with Crippen molar-refractivity contribution in [2.45, 2.75) is 38.8 Å². The minimum atomic E-state index is -0.118. The molecule has 2 aromatic heterocycles. The van der Waals surface area contributed by atoms with Crippen molar-refractivity contribution in [3.8, 4) is 10.4 Å². The number of nitrogens with zero attached hydrogens (tertiary/aromatic N) is 3. The Bertz CT molecular complexity index is 1430. The number of aryl methyl sites for hydroxylation is 2. The van der Waals surface area contributed by atoms with E-state index in [1.54, 1.807) is 16.8 Å². The van der Waals surface area contributed by atoms with Gasteiger partial charge in [0.15, 0.2) is 0 Å². The van der Waals surface area contributed by atoms with Crippen molar-refractivity contribution in [3.63, 3.8) is 0 Å². The second kappa shape index (κ2) is 8.29. The van der Waals surface area contributed by atoms with Crippen molar-refractivity contribution >= 4 is 44.7 Å². The largest absolute Gasteiger partial charge is 0.350 e. The fraction of sp³-hybridized carbons (Fsp3) is 0.308. The molecule has 1 aliphatic heterocycles. The molecule has 6 nitrogen and oxygen atoms in total. The van der Waals surface area contributed by atoms with Crippen LogP contribution in [0.1, 0.15) is 44.3 Å². The summed E-state index contributed by atoms with van der Waals surface area (Å²) in [7, 11) is 0. The highest BCUT2D eigenvalue weighted by atomic mass is 32.1. The molecule has 1 saturated heterocycles. The van der Waals surface area contributed by atoms with Crippen molar-refractivity contribution in [3.05, 3.63) is 69.8 Å². The smallest absolute Gasteiger partial charge is 0.274 e. The Morgan fingerprint density at radius 2 is 2.00 bits per heavy atom. The van der Waals surface area contributed by atoms with Crippen LogP contribution in [0.3, 0.4) is 0 Å². The van der Waals surface area contributed by atoms with Crippen molar-refractivity contribution in [2.75, 3.05) is 6.54 Å². The number of fused-ring (bicyclic) bond motifs is 2. The van der Waals surface area contributed by atoms with Gasteiger partial charge in [0.05, 0.1) is 37.2 Å². The SMILES string of the molecule is Cc1cccc(-c2sc(C)nc2C(=O)N2[C@H](CNC(=O)c3cccc4ncsc34)C[C@@H]3C[C@@H]32)c1. The molecule has 3 heterocycles. The van der Waals surface area contributed by atoms with Crippen LogP contribution in [0.5, 0.6) is 0 Å². The summed E-state index contributed by atoms with van der Waals surface area (Å²) in [6, 6.07) is 14.0. The van der Waals surface area contributed by atoms with Gasteiger partial charge in [-0.3, -0.25) is 9.59 Å². The first-order chi connectivity index (χ1) is 16.5. The summed E-state index contributed by atoms with van der Waals surface area (Å²) in [5.41, 5.74) is 5.95. The average Bonchev–Trinajstić information content (AvgIpc) is 3.18. The monoisotopic (exact) mass is 488 g/mol. The summed E-state index contributed by atoms with van der Waals surface area (Å²) in [6.45, 7) is 4.44. The number of likely N-dealkylation sites (tertiary alicyclic amines) is 1. The third kappa shape index (κ3) is 3.71. The third-order valence-electron chi connectivity index (χ3n) is 6.76. The quantitative estimate of drug-likeness (QED) is 0.426. The van der Waals surface area contributed by atoms with Crippen LogP contribution in [0.2, 0.25) is 0 Å². The predicted molar refractivity (Wildman–Crippen MR) is 135 cm³/mol. The van der Waals surface area contributed by atoms with Gasteiger partial charge in [-0.05, 0) is 50.3 Å². The molecule has 2 fully saturated rings. The van der Waals surface area contributed by atoms with E-state index in [4.69, 9.17) is 0 Å². The van der Waals surface area contributed by atoms with E-state index < -0.39 is 0 Å². The first-order valence-corrected chi connectivity index (χ1v) is 13.2. The fourth-order valence-corrected chi connectivity index (χ4v) is 6.81. The number of rotatable bonds is 5. The van der Waals surface area contributed by atoms with Crippen LogP contribution in [-0.4, -0.2) is 45.3 Å². The van der Waals surface area contributed by atoms with Crippen LogP contribution >= 0.6 is 22.7 Å². The van der Waals surface area contributed by atoms with Crippen molar-refractivity contribution < 1.29 is 9.59 Å². The molecule has 2 amide bonds. The van der Waals surface area contributed by atoms with Gasteiger partial charge in [0, 0.05) is 12.6 Å². The molecule has 8 heteroatoms. The molecule has 2 aromatic carbocycles. The molecule has 34 heavy (non-hydrogen) atoms. The Kier molecular flexibility index (Phi) is 5.22. The number of carbonyl (C=O) groups is 2. The van der Waals surface area contributed by atoms with Crippen LogP contribution in [0.15, 0.2) is 48.0 Å². The molecule has 1 N–H and O–H groups in total. The summed E-state index contributed by atoms with van der Waals surface area (Å²) in [5, 5.41) is 3.97. The van der Waals surface area contributed by atoms with E-state index in [1.165, 1.54) is 11.3 Å². The second-order valence-corrected chi connectivity index (χ2v) is 11.2. The van der Waals surface area contributed by atoms with E-state index in [0.29, 0.717) is 23.7 Å². The standard InChI is InChI=1S/C26H24N4O2S2/c1-14-5-3-6-16(9-14)23-22(29-15(2)34-23)26(32)30-18(10-17-11-21(17)30)12-27-25(31)19-7-4-8-20-24(19)33-13-28-20/h3-9,13,17-18,21H,10-12H2,1-2H3,(H,27,31)/t17-,18+,21+/m1/s1. The summed E-state index contributed by atoms with van der Waals surface area (Å²) in [4.78, 5) is 38.6. The molecule has 3 atom stereocenters.